The third kappa shape index (κ3) is 3.68. The molecule has 2 aromatic rings. The molecule has 0 aliphatic heterocycles. The first-order chi connectivity index (χ1) is 9.97. The molecule has 4 N–H and O–H groups in total. The minimum atomic E-state index is -0.856. The number of para-hydroxylation sites is 1. The molecule has 1 heterocycles. The van der Waals surface area contributed by atoms with Crippen molar-refractivity contribution in [3.8, 4) is 0 Å². The lowest BCUT2D eigenvalue weighted by molar-refractivity contribution is -0.137. The Hall–Kier alpha value is -2.63. The van der Waals surface area contributed by atoms with E-state index in [9.17, 15) is 9.59 Å². The van der Waals surface area contributed by atoms with Gasteiger partial charge in [-0.1, -0.05) is 18.2 Å². The third-order valence-electron chi connectivity index (χ3n) is 3.16. The standard InChI is InChI=1S/C15H17N3O3/c1-9(6-7-13(19)20)17-15-11(14(16)21)8-10-4-2-3-5-12(10)18-15/h2-5,8-9H,6-7H2,1H3,(H2,16,21)(H,17,18)(H,19,20). The molecule has 6 heteroatoms. The molecular formula is C15H17N3O3. The lowest BCUT2D eigenvalue weighted by atomic mass is 10.1. The number of hydrogen-bond donors (Lipinski definition) is 3. The number of fused-ring (bicyclic) bond motifs is 1. The predicted molar refractivity (Wildman–Crippen MR) is 80.2 cm³/mol. The molecule has 1 aromatic heterocycles. The van der Waals surface area contributed by atoms with Crippen LogP contribution in [0.15, 0.2) is 30.3 Å². The first-order valence-electron chi connectivity index (χ1n) is 6.65. The summed E-state index contributed by atoms with van der Waals surface area (Å²) in [7, 11) is 0. The van der Waals surface area contributed by atoms with Crippen LogP contribution in [0.25, 0.3) is 10.9 Å². The van der Waals surface area contributed by atoms with Crippen LogP contribution in [0.3, 0.4) is 0 Å². The summed E-state index contributed by atoms with van der Waals surface area (Å²) in [5.74, 6) is -1.04. The van der Waals surface area contributed by atoms with E-state index in [4.69, 9.17) is 10.8 Å². The summed E-state index contributed by atoms with van der Waals surface area (Å²) in [5, 5.41) is 12.6. The quantitative estimate of drug-likeness (QED) is 0.753. The molecule has 21 heavy (non-hydrogen) atoms. The second-order valence-corrected chi connectivity index (χ2v) is 4.92. The van der Waals surface area contributed by atoms with Crippen LogP contribution >= 0.6 is 0 Å². The number of carbonyl (C=O) groups is 2. The van der Waals surface area contributed by atoms with Gasteiger partial charge in [0.15, 0.2) is 0 Å². The van der Waals surface area contributed by atoms with Crippen molar-refractivity contribution in [2.24, 2.45) is 5.73 Å². The van der Waals surface area contributed by atoms with Crippen LogP contribution < -0.4 is 11.1 Å². The zero-order valence-electron chi connectivity index (χ0n) is 11.7. The molecule has 1 aromatic carbocycles. The van der Waals surface area contributed by atoms with Gasteiger partial charge in [0.25, 0.3) is 5.91 Å². The molecule has 110 valence electrons. The zero-order chi connectivity index (χ0) is 15.4. The number of nitrogens with one attached hydrogen (secondary N) is 1. The van der Waals surface area contributed by atoms with Crippen molar-refractivity contribution in [1.29, 1.82) is 0 Å². The van der Waals surface area contributed by atoms with E-state index in [2.05, 4.69) is 10.3 Å². The second kappa shape index (κ2) is 6.21. The molecular weight excluding hydrogens is 270 g/mol. The maximum Gasteiger partial charge on any atom is 0.303 e. The topological polar surface area (TPSA) is 105 Å². The van der Waals surface area contributed by atoms with Crippen molar-refractivity contribution in [3.05, 3.63) is 35.9 Å². The van der Waals surface area contributed by atoms with Gasteiger partial charge in [0, 0.05) is 17.8 Å². The van der Waals surface area contributed by atoms with Crippen LogP contribution in [-0.2, 0) is 4.79 Å². The minimum absolute atomic E-state index is 0.0493. The fourth-order valence-electron chi connectivity index (χ4n) is 2.06. The Morgan fingerprint density at radius 1 is 1.38 bits per heavy atom. The molecule has 0 bridgehead atoms. The molecule has 1 atom stereocenters. The van der Waals surface area contributed by atoms with Gasteiger partial charge in [-0.25, -0.2) is 4.98 Å². The molecule has 0 aliphatic rings. The molecule has 1 unspecified atom stereocenters. The number of benzene rings is 1. The molecule has 1 amide bonds. The number of hydrogen-bond acceptors (Lipinski definition) is 4. The zero-order valence-corrected chi connectivity index (χ0v) is 11.7. The summed E-state index contributed by atoms with van der Waals surface area (Å²) >= 11 is 0. The number of rotatable bonds is 6. The van der Waals surface area contributed by atoms with Gasteiger partial charge in [0.05, 0.1) is 11.1 Å². The highest BCUT2D eigenvalue weighted by Gasteiger charge is 2.14. The van der Waals surface area contributed by atoms with Gasteiger partial charge in [-0.15, -0.1) is 0 Å². The number of aliphatic carboxylic acids is 1. The van der Waals surface area contributed by atoms with E-state index in [1.165, 1.54) is 0 Å². The van der Waals surface area contributed by atoms with Crippen molar-refractivity contribution < 1.29 is 14.7 Å². The van der Waals surface area contributed by atoms with Crippen LogP contribution in [0.1, 0.15) is 30.1 Å². The number of amides is 1. The number of carbonyl (C=O) groups excluding carboxylic acids is 1. The molecule has 0 aliphatic carbocycles. The predicted octanol–water partition coefficient (Wildman–Crippen LogP) is 2.00. The van der Waals surface area contributed by atoms with E-state index in [0.717, 1.165) is 10.9 Å². The van der Waals surface area contributed by atoms with Gasteiger partial charge in [-0.2, -0.15) is 0 Å². The fourth-order valence-corrected chi connectivity index (χ4v) is 2.06. The van der Waals surface area contributed by atoms with Crippen molar-refractivity contribution in [2.75, 3.05) is 5.32 Å². The normalized spacial score (nSPS) is 12.0. The number of nitrogens with zero attached hydrogens (tertiary/aromatic N) is 1. The first kappa shape index (κ1) is 14.8. The summed E-state index contributed by atoms with van der Waals surface area (Å²) in [6, 6.07) is 8.97. The van der Waals surface area contributed by atoms with E-state index < -0.39 is 11.9 Å². The fraction of sp³-hybridized carbons (Fsp3) is 0.267. The smallest absolute Gasteiger partial charge is 0.303 e. The van der Waals surface area contributed by atoms with E-state index in [0.29, 0.717) is 17.8 Å². The number of carboxylic acids is 1. The van der Waals surface area contributed by atoms with Gasteiger partial charge >= 0.3 is 5.97 Å². The summed E-state index contributed by atoms with van der Waals surface area (Å²) < 4.78 is 0. The molecule has 0 fully saturated rings. The Bertz CT molecular complexity index is 685. The van der Waals surface area contributed by atoms with E-state index in [1.807, 2.05) is 31.2 Å². The van der Waals surface area contributed by atoms with Crippen molar-refractivity contribution >= 4 is 28.6 Å². The van der Waals surface area contributed by atoms with E-state index in [-0.39, 0.29) is 12.5 Å². The second-order valence-electron chi connectivity index (χ2n) is 4.92. The van der Waals surface area contributed by atoms with Crippen LogP contribution in [-0.4, -0.2) is 28.0 Å². The lowest BCUT2D eigenvalue weighted by Gasteiger charge is -2.16. The Balaban J connectivity index is 2.30. The van der Waals surface area contributed by atoms with E-state index >= 15 is 0 Å². The van der Waals surface area contributed by atoms with Crippen molar-refractivity contribution in [1.82, 2.24) is 4.98 Å². The Morgan fingerprint density at radius 2 is 2.10 bits per heavy atom. The molecule has 0 saturated carbocycles. The maximum atomic E-state index is 11.6. The molecule has 0 radical (unpaired) electrons. The summed E-state index contributed by atoms with van der Waals surface area (Å²) in [6.07, 6.45) is 0.482. The number of pyridine rings is 1. The summed E-state index contributed by atoms with van der Waals surface area (Å²) in [5.41, 5.74) is 6.44. The monoisotopic (exact) mass is 287 g/mol. The number of nitrogens with two attached hydrogens (primary N) is 1. The SMILES string of the molecule is CC(CCC(=O)O)Nc1nc2ccccc2cc1C(N)=O. The summed E-state index contributed by atoms with van der Waals surface area (Å²) in [4.78, 5) is 26.6. The van der Waals surface area contributed by atoms with Gasteiger partial charge in [0.1, 0.15) is 5.82 Å². The number of primary amides is 1. The number of aromatic nitrogens is 1. The first-order valence-corrected chi connectivity index (χ1v) is 6.65. The van der Waals surface area contributed by atoms with Crippen molar-refractivity contribution in [2.45, 2.75) is 25.8 Å². The summed E-state index contributed by atoms with van der Waals surface area (Å²) in [6.45, 7) is 1.84. The highest BCUT2D eigenvalue weighted by atomic mass is 16.4. The Labute approximate surface area is 122 Å². The van der Waals surface area contributed by atoms with Gasteiger partial charge < -0.3 is 16.2 Å². The van der Waals surface area contributed by atoms with Crippen LogP contribution in [0.4, 0.5) is 5.82 Å². The number of anilines is 1. The average molecular weight is 287 g/mol. The maximum absolute atomic E-state index is 11.6. The van der Waals surface area contributed by atoms with Gasteiger partial charge in [-0.05, 0) is 25.5 Å². The van der Waals surface area contributed by atoms with E-state index in [1.54, 1.807) is 6.07 Å². The molecule has 2 rings (SSSR count). The van der Waals surface area contributed by atoms with Crippen LogP contribution in [0, 0.1) is 0 Å². The molecule has 0 saturated heterocycles. The Kier molecular flexibility index (Phi) is 4.37. The molecule has 6 nitrogen and oxygen atoms in total. The van der Waals surface area contributed by atoms with Gasteiger partial charge in [0.2, 0.25) is 0 Å². The minimum Gasteiger partial charge on any atom is -0.481 e. The van der Waals surface area contributed by atoms with Gasteiger partial charge in [-0.3, -0.25) is 9.59 Å². The highest BCUT2D eigenvalue weighted by Crippen LogP contribution is 2.21. The van der Waals surface area contributed by atoms with Crippen LogP contribution in [0.5, 0.6) is 0 Å². The average Bonchev–Trinajstić information content (AvgIpc) is 2.44. The molecule has 0 spiro atoms. The largest absolute Gasteiger partial charge is 0.481 e. The van der Waals surface area contributed by atoms with Crippen LogP contribution in [0.2, 0.25) is 0 Å². The van der Waals surface area contributed by atoms with Crippen molar-refractivity contribution in [3.63, 3.8) is 0 Å². The highest BCUT2D eigenvalue weighted by molar-refractivity contribution is 6.01. The lowest BCUT2D eigenvalue weighted by Crippen LogP contribution is -2.21. The number of carboxylic acid groups (broad SMARTS) is 1. The third-order valence-corrected chi connectivity index (χ3v) is 3.16. The Morgan fingerprint density at radius 3 is 2.76 bits per heavy atom.